The first kappa shape index (κ1) is 17.5. The third-order valence-electron chi connectivity index (χ3n) is 4.87. The molecule has 25 heavy (non-hydrogen) atoms. The highest BCUT2D eigenvalue weighted by Gasteiger charge is 2.32. The van der Waals surface area contributed by atoms with Gasteiger partial charge in [0.25, 0.3) is 0 Å². The van der Waals surface area contributed by atoms with Gasteiger partial charge in [-0.05, 0) is 18.6 Å². The maximum Gasteiger partial charge on any atom is 0.228 e. The van der Waals surface area contributed by atoms with E-state index in [1.54, 1.807) is 7.05 Å². The molecule has 1 saturated heterocycles. The van der Waals surface area contributed by atoms with Crippen molar-refractivity contribution in [2.75, 3.05) is 38.1 Å². The highest BCUT2D eigenvalue weighted by atomic mass is 16.2. The summed E-state index contributed by atoms with van der Waals surface area (Å²) in [6, 6.07) is 5.22. The fraction of sp³-hybridized carbons (Fsp3) is 0.556. The number of amides is 1. The van der Waals surface area contributed by atoms with Gasteiger partial charge in [-0.2, -0.15) is 0 Å². The molecule has 0 spiro atoms. The molecular weight excluding hydrogens is 320 g/mol. The first-order chi connectivity index (χ1) is 12.0. The number of aromatic nitrogens is 1. The van der Waals surface area contributed by atoms with Crippen molar-refractivity contribution in [1.82, 2.24) is 15.2 Å². The molecule has 1 atom stereocenters. The fourth-order valence-electron chi connectivity index (χ4n) is 3.36. The average Bonchev–Trinajstić information content (AvgIpc) is 2.62. The number of hydrogen-bond acceptors (Lipinski definition) is 6. The van der Waals surface area contributed by atoms with Gasteiger partial charge in [0.05, 0.1) is 24.6 Å². The molecular formula is C18H24N4O3. The second kappa shape index (κ2) is 7.74. The Morgan fingerprint density at radius 2 is 2.08 bits per heavy atom. The molecule has 7 nitrogen and oxygen atoms in total. The van der Waals surface area contributed by atoms with Crippen LogP contribution in [0.15, 0.2) is 18.2 Å². The largest absolute Gasteiger partial charge is 0.354 e. The van der Waals surface area contributed by atoms with Gasteiger partial charge in [-0.1, -0.05) is 6.07 Å². The van der Waals surface area contributed by atoms with Crippen LogP contribution in [-0.2, 0) is 20.8 Å². The second-order valence-electron chi connectivity index (χ2n) is 6.64. The van der Waals surface area contributed by atoms with Crippen molar-refractivity contribution in [2.45, 2.75) is 31.7 Å². The number of nitrogens with zero attached hydrogens (tertiary/aromatic N) is 3. The van der Waals surface area contributed by atoms with Gasteiger partial charge in [0.1, 0.15) is 11.6 Å². The van der Waals surface area contributed by atoms with E-state index in [0.717, 1.165) is 32.0 Å². The van der Waals surface area contributed by atoms with Gasteiger partial charge in [0, 0.05) is 39.6 Å². The topological polar surface area (TPSA) is 82.6 Å². The van der Waals surface area contributed by atoms with Crippen LogP contribution >= 0.6 is 0 Å². The van der Waals surface area contributed by atoms with E-state index in [2.05, 4.69) is 15.2 Å². The van der Waals surface area contributed by atoms with E-state index < -0.39 is 6.04 Å². The number of likely N-dealkylation sites (N-methyl/N-ethyl adjacent to an activating group) is 1. The molecule has 1 aliphatic carbocycles. The summed E-state index contributed by atoms with van der Waals surface area (Å²) < 4.78 is 0. The Morgan fingerprint density at radius 1 is 1.32 bits per heavy atom. The molecule has 0 radical (unpaired) electrons. The Hall–Kier alpha value is -2.28. The monoisotopic (exact) mass is 344 g/mol. The molecule has 1 N–H and O–H groups in total. The molecule has 134 valence electrons. The lowest BCUT2D eigenvalue weighted by Gasteiger charge is -2.30. The summed E-state index contributed by atoms with van der Waals surface area (Å²) >= 11 is 0. The lowest BCUT2D eigenvalue weighted by atomic mass is 9.92. The fourth-order valence-corrected chi connectivity index (χ4v) is 3.36. The van der Waals surface area contributed by atoms with Crippen LogP contribution in [0.5, 0.6) is 0 Å². The van der Waals surface area contributed by atoms with Crippen molar-refractivity contribution in [2.24, 2.45) is 0 Å². The van der Waals surface area contributed by atoms with E-state index in [0.29, 0.717) is 18.5 Å². The Labute approximate surface area is 147 Å². The molecule has 2 heterocycles. The SMILES string of the molecule is CN(C(=O)Cc1cccc(N2CCNCC2)n1)C1CCC(=O)CC1=O. The maximum atomic E-state index is 12.6. The normalized spacial score (nSPS) is 21.3. The highest BCUT2D eigenvalue weighted by molar-refractivity contribution is 6.05. The van der Waals surface area contributed by atoms with Gasteiger partial charge in [0.2, 0.25) is 5.91 Å². The second-order valence-corrected chi connectivity index (χ2v) is 6.64. The third-order valence-corrected chi connectivity index (χ3v) is 4.87. The predicted octanol–water partition coefficient (Wildman–Crippen LogP) is 0.183. The van der Waals surface area contributed by atoms with Crippen LogP contribution in [-0.4, -0.2) is 66.6 Å². The van der Waals surface area contributed by atoms with Crippen molar-refractivity contribution in [3.63, 3.8) is 0 Å². The highest BCUT2D eigenvalue weighted by Crippen LogP contribution is 2.18. The van der Waals surface area contributed by atoms with Crippen LogP contribution in [0.2, 0.25) is 0 Å². The molecule has 1 aromatic heterocycles. The first-order valence-electron chi connectivity index (χ1n) is 8.76. The van der Waals surface area contributed by atoms with Crippen molar-refractivity contribution in [1.29, 1.82) is 0 Å². The molecule has 1 unspecified atom stereocenters. The van der Waals surface area contributed by atoms with Crippen LogP contribution in [0.25, 0.3) is 0 Å². The minimum absolute atomic E-state index is 0.0347. The number of piperazine rings is 1. The van der Waals surface area contributed by atoms with Crippen molar-refractivity contribution in [3.8, 4) is 0 Å². The number of hydrogen-bond donors (Lipinski definition) is 1. The third kappa shape index (κ3) is 4.22. The van der Waals surface area contributed by atoms with E-state index in [-0.39, 0.29) is 30.3 Å². The van der Waals surface area contributed by atoms with Crippen molar-refractivity contribution in [3.05, 3.63) is 23.9 Å². The van der Waals surface area contributed by atoms with Crippen LogP contribution < -0.4 is 10.2 Å². The van der Waals surface area contributed by atoms with Gasteiger partial charge in [-0.3, -0.25) is 14.4 Å². The molecule has 1 amide bonds. The van der Waals surface area contributed by atoms with Gasteiger partial charge in [-0.25, -0.2) is 4.98 Å². The predicted molar refractivity (Wildman–Crippen MR) is 93.4 cm³/mol. The van der Waals surface area contributed by atoms with Crippen LogP contribution in [0, 0.1) is 0 Å². The number of anilines is 1. The van der Waals surface area contributed by atoms with Gasteiger partial charge in [-0.15, -0.1) is 0 Å². The lowest BCUT2D eigenvalue weighted by molar-refractivity contribution is -0.141. The minimum atomic E-state index is -0.485. The van der Waals surface area contributed by atoms with E-state index in [1.165, 1.54) is 4.90 Å². The zero-order valence-corrected chi connectivity index (χ0v) is 14.5. The first-order valence-corrected chi connectivity index (χ1v) is 8.76. The Kier molecular flexibility index (Phi) is 5.43. The lowest BCUT2D eigenvalue weighted by Crippen LogP contribution is -2.46. The van der Waals surface area contributed by atoms with Crippen molar-refractivity contribution >= 4 is 23.3 Å². The van der Waals surface area contributed by atoms with E-state index >= 15 is 0 Å². The van der Waals surface area contributed by atoms with Crippen LogP contribution in [0.1, 0.15) is 25.0 Å². The van der Waals surface area contributed by atoms with Crippen molar-refractivity contribution < 1.29 is 14.4 Å². The summed E-state index contributed by atoms with van der Waals surface area (Å²) in [6.07, 6.45) is 0.895. The quantitative estimate of drug-likeness (QED) is 0.785. The number of carbonyl (C=O) groups excluding carboxylic acids is 3. The molecule has 1 saturated carbocycles. The molecule has 3 rings (SSSR count). The molecule has 7 heteroatoms. The zero-order valence-electron chi connectivity index (χ0n) is 14.5. The number of carbonyl (C=O) groups is 3. The summed E-state index contributed by atoms with van der Waals surface area (Å²) in [5, 5.41) is 3.30. The summed E-state index contributed by atoms with van der Waals surface area (Å²) in [4.78, 5) is 44.2. The standard InChI is InChI=1S/C18H24N4O3/c1-21(15-6-5-14(23)12-16(15)24)18(25)11-13-3-2-4-17(20-13)22-9-7-19-8-10-22/h2-4,15,19H,5-12H2,1H3. The molecule has 2 aliphatic rings. The zero-order chi connectivity index (χ0) is 17.8. The molecule has 0 bridgehead atoms. The van der Waals surface area contributed by atoms with E-state index in [9.17, 15) is 14.4 Å². The summed E-state index contributed by atoms with van der Waals surface area (Å²) in [6.45, 7) is 3.65. The van der Waals surface area contributed by atoms with Crippen LogP contribution in [0.4, 0.5) is 5.82 Å². The number of Topliss-reactive ketones (excluding diaryl/α,β-unsaturated/α-hetero) is 2. The maximum absolute atomic E-state index is 12.6. The van der Waals surface area contributed by atoms with E-state index in [1.807, 2.05) is 18.2 Å². The smallest absolute Gasteiger partial charge is 0.228 e. The molecule has 1 aromatic rings. The Balaban J connectivity index is 1.64. The Morgan fingerprint density at radius 3 is 2.80 bits per heavy atom. The summed E-state index contributed by atoms with van der Waals surface area (Å²) in [7, 11) is 1.64. The van der Waals surface area contributed by atoms with Crippen LogP contribution in [0.3, 0.4) is 0 Å². The summed E-state index contributed by atoms with van der Waals surface area (Å²) in [5.41, 5.74) is 0.701. The molecule has 2 fully saturated rings. The van der Waals surface area contributed by atoms with E-state index in [4.69, 9.17) is 0 Å². The minimum Gasteiger partial charge on any atom is -0.354 e. The number of nitrogens with one attached hydrogen (secondary N) is 1. The Bertz CT molecular complexity index is 670. The number of ketones is 2. The van der Waals surface area contributed by atoms with Gasteiger partial charge in [0.15, 0.2) is 5.78 Å². The van der Waals surface area contributed by atoms with Gasteiger partial charge >= 0.3 is 0 Å². The molecule has 0 aromatic carbocycles. The molecule has 1 aliphatic heterocycles. The summed E-state index contributed by atoms with van der Waals surface area (Å²) in [5.74, 6) is 0.550. The van der Waals surface area contributed by atoms with Gasteiger partial charge < -0.3 is 15.1 Å². The average molecular weight is 344 g/mol. The number of pyridine rings is 1. The number of rotatable bonds is 4.